The summed E-state index contributed by atoms with van der Waals surface area (Å²) in [6, 6.07) is 8.27. The number of rotatable bonds is 2. The highest BCUT2D eigenvalue weighted by atomic mass is 32.1. The van der Waals surface area contributed by atoms with Crippen molar-refractivity contribution in [2.45, 2.75) is 6.92 Å². The molecule has 5 heteroatoms. The summed E-state index contributed by atoms with van der Waals surface area (Å²) in [4.78, 5) is 4.47. The highest BCUT2D eigenvalue weighted by Crippen LogP contribution is 2.26. The fraction of sp³-hybridized carbons (Fsp3) is 0.0833. The molecule has 2 heterocycles. The number of hydrogen-bond donors (Lipinski definition) is 0. The zero-order valence-electron chi connectivity index (χ0n) is 9.12. The molecular weight excluding hydrogens is 250 g/mol. The van der Waals surface area contributed by atoms with Crippen molar-refractivity contribution in [1.29, 1.82) is 0 Å². The van der Waals surface area contributed by atoms with Gasteiger partial charge in [-0.05, 0) is 18.5 Å². The Morgan fingerprint density at radius 1 is 1.00 bits per heavy atom. The SMILES string of the molecule is Cc1csc(-c2ccc(-c3csnn3)cc2)n1. The van der Waals surface area contributed by atoms with Crippen LogP contribution >= 0.6 is 22.9 Å². The second-order valence-corrected chi connectivity index (χ2v) is 5.13. The van der Waals surface area contributed by atoms with Crippen LogP contribution in [0.1, 0.15) is 5.69 Å². The number of aromatic nitrogens is 3. The van der Waals surface area contributed by atoms with Crippen LogP contribution in [0, 0.1) is 6.92 Å². The van der Waals surface area contributed by atoms with Gasteiger partial charge in [0.05, 0.1) is 0 Å². The third kappa shape index (κ3) is 2.11. The molecule has 0 aliphatic rings. The normalized spacial score (nSPS) is 10.6. The fourth-order valence-electron chi connectivity index (χ4n) is 1.56. The van der Waals surface area contributed by atoms with Crippen LogP contribution in [0.15, 0.2) is 35.0 Å². The van der Waals surface area contributed by atoms with Crippen molar-refractivity contribution in [3.63, 3.8) is 0 Å². The second-order valence-electron chi connectivity index (χ2n) is 3.66. The van der Waals surface area contributed by atoms with Gasteiger partial charge in [0.15, 0.2) is 0 Å². The molecule has 3 nitrogen and oxygen atoms in total. The molecule has 0 atom stereocenters. The Morgan fingerprint density at radius 3 is 2.35 bits per heavy atom. The number of aryl methyl sites for hydroxylation is 1. The number of thiazole rings is 1. The van der Waals surface area contributed by atoms with Crippen molar-refractivity contribution in [3.8, 4) is 21.8 Å². The first-order valence-corrected chi connectivity index (χ1v) is 6.84. The smallest absolute Gasteiger partial charge is 0.123 e. The van der Waals surface area contributed by atoms with E-state index in [4.69, 9.17) is 0 Å². The zero-order valence-corrected chi connectivity index (χ0v) is 10.8. The Morgan fingerprint density at radius 2 is 1.76 bits per heavy atom. The van der Waals surface area contributed by atoms with E-state index in [9.17, 15) is 0 Å². The van der Waals surface area contributed by atoms with Gasteiger partial charge in [-0.25, -0.2) is 4.98 Å². The molecule has 1 aromatic carbocycles. The largest absolute Gasteiger partial charge is 0.241 e. The van der Waals surface area contributed by atoms with E-state index in [0.29, 0.717) is 0 Å². The van der Waals surface area contributed by atoms with E-state index >= 15 is 0 Å². The van der Waals surface area contributed by atoms with Crippen molar-refractivity contribution >= 4 is 22.9 Å². The van der Waals surface area contributed by atoms with Crippen molar-refractivity contribution in [1.82, 2.24) is 14.6 Å². The minimum absolute atomic E-state index is 0.928. The topological polar surface area (TPSA) is 38.7 Å². The third-order valence-electron chi connectivity index (χ3n) is 2.41. The molecule has 0 amide bonds. The molecule has 2 aromatic heterocycles. The number of hydrogen-bond acceptors (Lipinski definition) is 5. The first kappa shape index (κ1) is 10.6. The molecule has 84 valence electrons. The molecule has 0 N–H and O–H groups in total. The Kier molecular flexibility index (Phi) is 2.70. The summed E-state index contributed by atoms with van der Waals surface area (Å²) >= 11 is 3.04. The summed E-state index contributed by atoms with van der Waals surface area (Å²) in [6.45, 7) is 2.01. The average molecular weight is 259 g/mol. The lowest BCUT2D eigenvalue weighted by molar-refractivity contribution is 1.16. The third-order valence-corrected chi connectivity index (χ3v) is 3.92. The molecule has 0 unspecified atom stereocenters. The van der Waals surface area contributed by atoms with Crippen molar-refractivity contribution in [2.75, 3.05) is 0 Å². The van der Waals surface area contributed by atoms with E-state index in [1.54, 1.807) is 11.3 Å². The van der Waals surface area contributed by atoms with Crippen LogP contribution in [0.4, 0.5) is 0 Å². The van der Waals surface area contributed by atoms with Crippen LogP contribution in [0.25, 0.3) is 21.8 Å². The van der Waals surface area contributed by atoms with Gasteiger partial charge in [-0.1, -0.05) is 28.8 Å². The maximum absolute atomic E-state index is 4.47. The minimum Gasteiger partial charge on any atom is -0.241 e. The molecule has 0 radical (unpaired) electrons. The van der Waals surface area contributed by atoms with Crippen LogP contribution in [-0.2, 0) is 0 Å². The van der Waals surface area contributed by atoms with Gasteiger partial charge in [-0.3, -0.25) is 0 Å². The number of nitrogens with zero attached hydrogens (tertiary/aromatic N) is 3. The highest BCUT2D eigenvalue weighted by molar-refractivity contribution is 7.13. The van der Waals surface area contributed by atoms with Crippen molar-refractivity contribution in [2.24, 2.45) is 0 Å². The molecule has 0 saturated heterocycles. The monoisotopic (exact) mass is 259 g/mol. The molecule has 0 fully saturated rings. The zero-order chi connectivity index (χ0) is 11.7. The Balaban J connectivity index is 1.95. The van der Waals surface area contributed by atoms with Crippen molar-refractivity contribution < 1.29 is 0 Å². The predicted octanol–water partition coefficient (Wildman–Crippen LogP) is 3.64. The lowest BCUT2D eigenvalue weighted by Gasteiger charge is -1.98. The van der Waals surface area contributed by atoms with Gasteiger partial charge in [0.25, 0.3) is 0 Å². The van der Waals surface area contributed by atoms with E-state index in [0.717, 1.165) is 27.5 Å². The summed E-state index contributed by atoms with van der Waals surface area (Å²) in [5.41, 5.74) is 4.24. The maximum atomic E-state index is 4.47. The fourth-order valence-corrected chi connectivity index (χ4v) is 2.83. The second kappa shape index (κ2) is 4.35. The van der Waals surface area contributed by atoms with Gasteiger partial charge in [0.2, 0.25) is 0 Å². The average Bonchev–Trinajstić information content (AvgIpc) is 3.00. The van der Waals surface area contributed by atoms with Crippen LogP contribution < -0.4 is 0 Å². The summed E-state index contributed by atoms with van der Waals surface area (Å²) < 4.78 is 3.86. The summed E-state index contributed by atoms with van der Waals surface area (Å²) in [6.07, 6.45) is 0. The van der Waals surface area contributed by atoms with Crippen LogP contribution in [0.3, 0.4) is 0 Å². The summed E-state index contributed by atoms with van der Waals surface area (Å²) in [5, 5.41) is 9.12. The molecule has 0 aliphatic carbocycles. The summed E-state index contributed by atoms with van der Waals surface area (Å²) in [7, 11) is 0. The lowest BCUT2D eigenvalue weighted by atomic mass is 10.1. The van der Waals surface area contributed by atoms with Gasteiger partial charge >= 0.3 is 0 Å². The highest BCUT2D eigenvalue weighted by Gasteiger charge is 2.04. The molecule has 3 rings (SSSR count). The van der Waals surface area contributed by atoms with Crippen LogP contribution in [0.2, 0.25) is 0 Å². The predicted molar refractivity (Wildman–Crippen MR) is 71.2 cm³/mol. The van der Waals surface area contributed by atoms with Gasteiger partial charge in [0, 0.05) is 27.6 Å². The molecule has 17 heavy (non-hydrogen) atoms. The van der Waals surface area contributed by atoms with E-state index < -0.39 is 0 Å². The molecule has 3 aromatic rings. The van der Waals surface area contributed by atoms with E-state index in [2.05, 4.69) is 44.2 Å². The Hall–Kier alpha value is -1.59. The molecule has 0 aliphatic heterocycles. The molecule has 0 saturated carbocycles. The van der Waals surface area contributed by atoms with Gasteiger partial charge < -0.3 is 0 Å². The number of benzene rings is 1. The van der Waals surface area contributed by atoms with Crippen LogP contribution in [-0.4, -0.2) is 14.6 Å². The quantitative estimate of drug-likeness (QED) is 0.705. The van der Waals surface area contributed by atoms with E-state index in [1.807, 2.05) is 12.3 Å². The van der Waals surface area contributed by atoms with E-state index in [-0.39, 0.29) is 0 Å². The Bertz CT molecular complexity index is 612. The van der Waals surface area contributed by atoms with Crippen molar-refractivity contribution in [3.05, 3.63) is 40.7 Å². The van der Waals surface area contributed by atoms with Gasteiger partial charge in [-0.15, -0.1) is 16.4 Å². The minimum atomic E-state index is 0.928. The maximum Gasteiger partial charge on any atom is 0.123 e. The van der Waals surface area contributed by atoms with Gasteiger partial charge in [-0.2, -0.15) is 0 Å². The first-order valence-electron chi connectivity index (χ1n) is 5.13. The molecule has 0 bridgehead atoms. The first-order chi connectivity index (χ1) is 8.33. The molecule has 0 spiro atoms. The summed E-state index contributed by atoms with van der Waals surface area (Å²) in [5.74, 6) is 0. The Labute approximate surface area is 107 Å². The van der Waals surface area contributed by atoms with Gasteiger partial charge in [0.1, 0.15) is 10.7 Å². The van der Waals surface area contributed by atoms with Crippen LogP contribution in [0.5, 0.6) is 0 Å². The standard InChI is InChI=1S/C12H9N3S2/c1-8-6-16-12(13-8)10-4-2-9(3-5-10)11-7-17-15-14-11/h2-7H,1H3. The van der Waals surface area contributed by atoms with E-state index in [1.165, 1.54) is 11.5 Å². The lowest BCUT2D eigenvalue weighted by Crippen LogP contribution is -1.80. The molecular formula is C12H9N3S2.